The summed E-state index contributed by atoms with van der Waals surface area (Å²) in [6.45, 7) is 5.44. The third kappa shape index (κ3) is 4.41. The molecule has 1 aliphatic heterocycles. The lowest BCUT2D eigenvalue weighted by molar-refractivity contribution is 0.158. The van der Waals surface area contributed by atoms with Crippen LogP contribution in [0.25, 0.3) is 0 Å². The van der Waals surface area contributed by atoms with Gasteiger partial charge < -0.3 is 19.7 Å². The number of hydrogen-bond donors (Lipinski definition) is 2. The molecule has 130 valence electrons. The number of nitrogens with one attached hydrogen (secondary N) is 1. The number of likely N-dealkylation sites (tertiary alicyclic amines) is 1. The quantitative estimate of drug-likeness (QED) is 0.435. The standard InChI is InChI=1S/C17H27N3O2.HI/c1-2-18-16(19-12-14(21)15-6-5-11-22-15)20-10-9-17(13-20)7-3-4-8-17;/h5-6,11,14,21H,2-4,7-10,12-13H2,1H3,(H,18,19);1H. The van der Waals surface area contributed by atoms with Gasteiger partial charge in [-0.2, -0.15) is 0 Å². The summed E-state index contributed by atoms with van der Waals surface area (Å²) in [5.41, 5.74) is 0.524. The minimum absolute atomic E-state index is 0. The number of furan rings is 1. The molecule has 6 heteroatoms. The van der Waals surface area contributed by atoms with Gasteiger partial charge >= 0.3 is 0 Å². The van der Waals surface area contributed by atoms with E-state index < -0.39 is 6.10 Å². The molecule has 1 aromatic rings. The van der Waals surface area contributed by atoms with Crippen LogP contribution in [0.1, 0.15) is 50.9 Å². The fraction of sp³-hybridized carbons (Fsp3) is 0.706. The van der Waals surface area contributed by atoms with Crippen molar-refractivity contribution < 1.29 is 9.52 Å². The predicted octanol–water partition coefficient (Wildman–Crippen LogP) is 3.16. The molecule has 2 aliphatic rings. The first-order chi connectivity index (χ1) is 10.7. The van der Waals surface area contributed by atoms with Crippen molar-refractivity contribution in [1.29, 1.82) is 0 Å². The molecule has 1 saturated carbocycles. The molecule has 1 atom stereocenters. The van der Waals surface area contributed by atoms with E-state index in [0.717, 1.165) is 25.6 Å². The second-order valence-electron chi connectivity index (χ2n) is 6.60. The maximum absolute atomic E-state index is 10.1. The third-order valence-corrected chi connectivity index (χ3v) is 5.02. The van der Waals surface area contributed by atoms with Gasteiger partial charge in [-0.1, -0.05) is 12.8 Å². The predicted molar refractivity (Wildman–Crippen MR) is 102 cm³/mol. The van der Waals surface area contributed by atoms with Crippen molar-refractivity contribution in [3.05, 3.63) is 24.2 Å². The Hall–Kier alpha value is -0.760. The van der Waals surface area contributed by atoms with E-state index in [1.807, 2.05) is 0 Å². The van der Waals surface area contributed by atoms with Gasteiger partial charge in [-0.05, 0) is 43.7 Å². The van der Waals surface area contributed by atoms with E-state index in [0.29, 0.717) is 17.7 Å². The van der Waals surface area contributed by atoms with Crippen molar-refractivity contribution in [1.82, 2.24) is 10.2 Å². The highest BCUT2D eigenvalue weighted by atomic mass is 127. The second-order valence-corrected chi connectivity index (χ2v) is 6.60. The third-order valence-electron chi connectivity index (χ3n) is 5.02. The molecule has 0 amide bonds. The minimum Gasteiger partial charge on any atom is -0.467 e. The van der Waals surface area contributed by atoms with E-state index >= 15 is 0 Å². The van der Waals surface area contributed by atoms with Crippen LogP contribution in [0.2, 0.25) is 0 Å². The van der Waals surface area contributed by atoms with E-state index in [9.17, 15) is 5.11 Å². The molecule has 1 aliphatic carbocycles. The molecular formula is C17H28IN3O2. The van der Waals surface area contributed by atoms with Gasteiger partial charge in [0.25, 0.3) is 0 Å². The zero-order chi connectivity index (χ0) is 15.4. The number of aliphatic hydroxyl groups excluding tert-OH is 1. The molecular weight excluding hydrogens is 405 g/mol. The molecule has 1 unspecified atom stereocenters. The van der Waals surface area contributed by atoms with Crippen molar-refractivity contribution in [3.8, 4) is 0 Å². The monoisotopic (exact) mass is 433 g/mol. The molecule has 2 fully saturated rings. The maximum Gasteiger partial charge on any atom is 0.194 e. The summed E-state index contributed by atoms with van der Waals surface area (Å²) in [4.78, 5) is 6.99. The number of nitrogens with zero attached hydrogens (tertiary/aromatic N) is 2. The molecule has 23 heavy (non-hydrogen) atoms. The first kappa shape index (κ1) is 18.6. The minimum atomic E-state index is -0.674. The SMILES string of the molecule is CCNC(=NCC(O)c1ccco1)N1CCC2(CCCC2)C1.I. The van der Waals surface area contributed by atoms with Crippen molar-refractivity contribution in [2.75, 3.05) is 26.2 Å². The number of rotatable bonds is 4. The highest BCUT2D eigenvalue weighted by Crippen LogP contribution is 2.45. The van der Waals surface area contributed by atoms with Gasteiger partial charge in [0.05, 0.1) is 12.8 Å². The highest BCUT2D eigenvalue weighted by molar-refractivity contribution is 14.0. The molecule has 3 rings (SSSR count). The molecule has 0 bridgehead atoms. The van der Waals surface area contributed by atoms with Gasteiger partial charge in [0.15, 0.2) is 5.96 Å². The largest absolute Gasteiger partial charge is 0.467 e. The summed E-state index contributed by atoms with van der Waals surface area (Å²) in [7, 11) is 0. The van der Waals surface area contributed by atoms with Crippen molar-refractivity contribution in [2.24, 2.45) is 10.4 Å². The Labute approximate surface area is 155 Å². The van der Waals surface area contributed by atoms with Gasteiger partial charge in [0.1, 0.15) is 11.9 Å². The molecule has 1 saturated heterocycles. The second kappa shape index (κ2) is 8.37. The lowest BCUT2D eigenvalue weighted by atomic mass is 9.86. The maximum atomic E-state index is 10.1. The summed E-state index contributed by atoms with van der Waals surface area (Å²) in [5, 5.41) is 13.5. The number of aliphatic hydroxyl groups is 1. The Morgan fingerprint density at radius 3 is 2.87 bits per heavy atom. The van der Waals surface area contributed by atoms with Crippen LogP contribution < -0.4 is 5.32 Å². The molecule has 0 aromatic carbocycles. The van der Waals surface area contributed by atoms with Crippen LogP contribution in [0, 0.1) is 5.41 Å². The van der Waals surface area contributed by atoms with Gasteiger partial charge in [-0.3, -0.25) is 0 Å². The Balaban J connectivity index is 0.00000192. The zero-order valence-electron chi connectivity index (χ0n) is 13.8. The number of hydrogen-bond acceptors (Lipinski definition) is 3. The van der Waals surface area contributed by atoms with Crippen LogP contribution in [0.15, 0.2) is 27.8 Å². The first-order valence-corrected chi connectivity index (χ1v) is 8.47. The van der Waals surface area contributed by atoms with Gasteiger partial charge in [-0.15, -0.1) is 24.0 Å². The van der Waals surface area contributed by atoms with Gasteiger partial charge in [0.2, 0.25) is 0 Å². The van der Waals surface area contributed by atoms with Crippen LogP contribution in [-0.2, 0) is 0 Å². The summed E-state index contributed by atoms with van der Waals surface area (Å²) < 4.78 is 5.24. The van der Waals surface area contributed by atoms with E-state index in [2.05, 4.69) is 22.1 Å². The van der Waals surface area contributed by atoms with Crippen LogP contribution in [0.4, 0.5) is 0 Å². The molecule has 5 nitrogen and oxygen atoms in total. The van der Waals surface area contributed by atoms with Crippen LogP contribution in [0.3, 0.4) is 0 Å². The molecule has 1 spiro atoms. The Bertz CT molecular complexity index is 498. The number of guanidine groups is 1. The average Bonchev–Trinajstić information content (AvgIpc) is 3.27. The normalized spacial score (nSPS) is 21.5. The van der Waals surface area contributed by atoms with E-state index in [-0.39, 0.29) is 24.0 Å². The van der Waals surface area contributed by atoms with Crippen LogP contribution in [0.5, 0.6) is 0 Å². The summed E-state index contributed by atoms with van der Waals surface area (Å²) in [6.07, 6.45) is 7.65. The topological polar surface area (TPSA) is 61.0 Å². The molecule has 0 radical (unpaired) electrons. The van der Waals surface area contributed by atoms with E-state index in [1.165, 1.54) is 32.1 Å². The summed E-state index contributed by atoms with van der Waals surface area (Å²) >= 11 is 0. The Morgan fingerprint density at radius 1 is 1.43 bits per heavy atom. The fourth-order valence-corrected chi connectivity index (χ4v) is 3.82. The Morgan fingerprint density at radius 2 is 2.22 bits per heavy atom. The molecule has 2 N–H and O–H groups in total. The van der Waals surface area contributed by atoms with E-state index in [4.69, 9.17) is 4.42 Å². The fourth-order valence-electron chi connectivity index (χ4n) is 3.82. The molecule has 1 aromatic heterocycles. The van der Waals surface area contributed by atoms with Crippen molar-refractivity contribution in [2.45, 2.75) is 45.1 Å². The highest BCUT2D eigenvalue weighted by Gasteiger charge is 2.41. The van der Waals surface area contributed by atoms with Gasteiger partial charge in [0, 0.05) is 19.6 Å². The first-order valence-electron chi connectivity index (χ1n) is 8.47. The smallest absolute Gasteiger partial charge is 0.194 e. The number of halogens is 1. The number of aliphatic imine (C=N–C) groups is 1. The molecule has 2 heterocycles. The Kier molecular flexibility index (Phi) is 6.76. The lowest BCUT2D eigenvalue weighted by Crippen LogP contribution is -2.41. The van der Waals surface area contributed by atoms with Crippen LogP contribution in [-0.4, -0.2) is 42.1 Å². The van der Waals surface area contributed by atoms with Crippen molar-refractivity contribution in [3.63, 3.8) is 0 Å². The van der Waals surface area contributed by atoms with Crippen LogP contribution >= 0.6 is 24.0 Å². The lowest BCUT2D eigenvalue weighted by Gasteiger charge is -2.26. The van der Waals surface area contributed by atoms with Gasteiger partial charge in [-0.25, -0.2) is 4.99 Å². The average molecular weight is 433 g/mol. The zero-order valence-corrected chi connectivity index (χ0v) is 16.2. The van der Waals surface area contributed by atoms with E-state index in [1.54, 1.807) is 18.4 Å². The summed E-state index contributed by atoms with van der Waals surface area (Å²) in [6, 6.07) is 3.58. The summed E-state index contributed by atoms with van der Waals surface area (Å²) in [5.74, 6) is 1.50. The van der Waals surface area contributed by atoms with Crippen molar-refractivity contribution >= 4 is 29.9 Å².